The molecule has 1 aliphatic rings. The van der Waals surface area contributed by atoms with Crippen molar-refractivity contribution in [2.45, 2.75) is 38.8 Å². The molecule has 1 nitrogen and oxygen atoms in total. The van der Waals surface area contributed by atoms with Gasteiger partial charge in [0.1, 0.15) is 0 Å². The maximum atomic E-state index is 12.8. The van der Waals surface area contributed by atoms with Crippen molar-refractivity contribution in [2.24, 2.45) is 11.8 Å². The summed E-state index contributed by atoms with van der Waals surface area (Å²) >= 11 is 0. The highest BCUT2D eigenvalue weighted by Crippen LogP contribution is 2.37. The van der Waals surface area contributed by atoms with Crippen LogP contribution in [0.3, 0.4) is 0 Å². The van der Waals surface area contributed by atoms with Crippen LogP contribution in [0, 0.1) is 11.8 Å². The van der Waals surface area contributed by atoms with Gasteiger partial charge in [0.15, 0.2) is 0 Å². The summed E-state index contributed by atoms with van der Waals surface area (Å²) in [6, 6.07) is 0. The van der Waals surface area contributed by atoms with E-state index in [4.69, 9.17) is 0 Å². The fourth-order valence-corrected chi connectivity index (χ4v) is 2.15. The van der Waals surface area contributed by atoms with Gasteiger partial charge in [0.2, 0.25) is 0 Å². The van der Waals surface area contributed by atoms with Gasteiger partial charge in [0.25, 0.3) is 0 Å². The van der Waals surface area contributed by atoms with Crippen molar-refractivity contribution in [3.8, 4) is 0 Å². The number of piperidine rings is 1. The Morgan fingerprint density at radius 2 is 1.53 bits per heavy atom. The second kappa shape index (κ2) is 5.08. The van der Waals surface area contributed by atoms with Crippen LogP contribution >= 0.6 is 0 Å². The third-order valence-electron chi connectivity index (χ3n) is 3.41. The molecule has 0 aromatic rings. The standard InChI is InChI=1S/C11H18F5N/c1-8(2)9-3-5-17(6-4-9)7-10(12,13)11(14,15)16/h8-9H,3-7H2,1-2H3. The Labute approximate surface area is 98.0 Å². The average molecular weight is 259 g/mol. The summed E-state index contributed by atoms with van der Waals surface area (Å²) in [4.78, 5) is 1.21. The molecule has 1 fully saturated rings. The quantitative estimate of drug-likeness (QED) is 0.700. The molecule has 0 amide bonds. The molecule has 0 radical (unpaired) electrons. The largest absolute Gasteiger partial charge is 0.454 e. The lowest BCUT2D eigenvalue weighted by Gasteiger charge is -2.35. The van der Waals surface area contributed by atoms with Crippen molar-refractivity contribution in [1.29, 1.82) is 0 Å². The monoisotopic (exact) mass is 259 g/mol. The van der Waals surface area contributed by atoms with Crippen LogP contribution in [0.25, 0.3) is 0 Å². The number of alkyl halides is 5. The zero-order valence-electron chi connectivity index (χ0n) is 10.0. The molecule has 0 atom stereocenters. The van der Waals surface area contributed by atoms with Crippen molar-refractivity contribution in [2.75, 3.05) is 19.6 Å². The summed E-state index contributed by atoms with van der Waals surface area (Å²) in [5.74, 6) is -3.71. The first-order valence-electron chi connectivity index (χ1n) is 5.80. The molecule has 0 unspecified atom stereocenters. The third-order valence-corrected chi connectivity index (χ3v) is 3.41. The van der Waals surface area contributed by atoms with Crippen molar-refractivity contribution >= 4 is 0 Å². The smallest absolute Gasteiger partial charge is 0.297 e. The van der Waals surface area contributed by atoms with Crippen LogP contribution in [-0.2, 0) is 0 Å². The average Bonchev–Trinajstić information content (AvgIpc) is 2.16. The van der Waals surface area contributed by atoms with Crippen LogP contribution in [0.15, 0.2) is 0 Å². The Kier molecular flexibility index (Phi) is 4.38. The van der Waals surface area contributed by atoms with Crippen LogP contribution in [0.1, 0.15) is 26.7 Å². The van der Waals surface area contributed by atoms with Crippen LogP contribution in [0.2, 0.25) is 0 Å². The van der Waals surface area contributed by atoms with E-state index in [1.165, 1.54) is 4.90 Å². The second-order valence-electron chi connectivity index (χ2n) is 5.06. The first-order valence-corrected chi connectivity index (χ1v) is 5.80. The zero-order chi connectivity index (χ0) is 13.3. The molecule has 0 saturated carbocycles. The highest BCUT2D eigenvalue weighted by atomic mass is 19.4. The van der Waals surface area contributed by atoms with Gasteiger partial charge in [-0.05, 0) is 37.8 Å². The zero-order valence-corrected chi connectivity index (χ0v) is 10.0. The number of nitrogens with zero attached hydrogens (tertiary/aromatic N) is 1. The van der Waals surface area contributed by atoms with Gasteiger partial charge in [-0.25, -0.2) is 0 Å². The highest BCUT2D eigenvalue weighted by Gasteiger charge is 2.58. The van der Waals surface area contributed by atoms with E-state index < -0.39 is 18.6 Å². The molecule has 0 aromatic carbocycles. The molecule has 1 heterocycles. The van der Waals surface area contributed by atoms with Crippen molar-refractivity contribution in [3.05, 3.63) is 0 Å². The van der Waals surface area contributed by atoms with Crippen molar-refractivity contribution in [1.82, 2.24) is 4.90 Å². The summed E-state index contributed by atoms with van der Waals surface area (Å²) in [6.45, 7) is 3.54. The molecule has 6 heteroatoms. The molecule has 1 aliphatic heterocycles. The Balaban J connectivity index is 2.46. The number of halogens is 5. The Hall–Kier alpha value is -0.390. The molecular weight excluding hydrogens is 241 g/mol. The minimum Gasteiger partial charge on any atom is -0.297 e. The molecule has 0 N–H and O–H groups in total. The first kappa shape index (κ1) is 14.7. The van der Waals surface area contributed by atoms with Crippen LogP contribution in [0.5, 0.6) is 0 Å². The van der Waals surface area contributed by atoms with Gasteiger partial charge in [-0.2, -0.15) is 22.0 Å². The molecule has 1 saturated heterocycles. The summed E-state index contributed by atoms with van der Waals surface area (Å²) in [6.07, 6.45) is -4.04. The summed E-state index contributed by atoms with van der Waals surface area (Å²) in [5, 5.41) is 0. The topological polar surface area (TPSA) is 3.24 Å². The lowest BCUT2D eigenvalue weighted by Crippen LogP contribution is -2.49. The maximum Gasteiger partial charge on any atom is 0.454 e. The predicted molar refractivity (Wildman–Crippen MR) is 55.0 cm³/mol. The summed E-state index contributed by atoms with van der Waals surface area (Å²) in [7, 11) is 0. The van der Waals surface area contributed by atoms with Gasteiger partial charge in [0.05, 0.1) is 6.54 Å². The number of rotatable bonds is 3. The molecule has 1 rings (SSSR count). The van der Waals surface area contributed by atoms with E-state index in [0.717, 1.165) is 0 Å². The highest BCUT2D eigenvalue weighted by molar-refractivity contribution is 4.83. The molecule has 0 aliphatic carbocycles. The van der Waals surface area contributed by atoms with Crippen LogP contribution in [0.4, 0.5) is 22.0 Å². The van der Waals surface area contributed by atoms with Gasteiger partial charge in [-0.3, -0.25) is 4.90 Å². The van der Waals surface area contributed by atoms with E-state index in [1.54, 1.807) is 0 Å². The molecular formula is C11H18F5N. The number of hydrogen-bond acceptors (Lipinski definition) is 1. The Morgan fingerprint density at radius 3 is 1.88 bits per heavy atom. The molecule has 102 valence electrons. The fourth-order valence-electron chi connectivity index (χ4n) is 2.15. The molecule has 17 heavy (non-hydrogen) atoms. The minimum atomic E-state index is -5.44. The predicted octanol–water partition coefficient (Wildman–Crippen LogP) is 3.55. The Bertz CT molecular complexity index is 241. The van der Waals surface area contributed by atoms with Crippen molar-refractivity contribution < 1.29 is 22.0 Å². The van der Waals surface area contributed by atoms with E-state index in [1.807, 2.05) is 13.8 Å². The van der Waals surface area contributed by atoms with Gasteiger partial charge < -0.3 is 0 Å². The van der Waals surface area contributed by atoms with Gasteiger partial charge >= 0.3 is 12.1 Å². The van der Waals surface area contributed by atoms with Crippen molar-refractivity contribution in [3.63, 3.8) is 0 Å². The van der Waals surface area contributed by atoms with E-state index >= 15 is 0 Å². The lowest BCUT2D eigenvalue weighted by molar-refractivity contribution is -0.287. The Morgan fingerprint density at radius 1 is 1.06 bits per heavy atom. The van der Waals surface area contributed by atoms with Gasteiger partial charge in [-0.15, -0.1) is 0 Å². The first-order chi connectivity index (χ1) is 7.63. The van der Waals surface area contributed by atoms with Crippen LogP contribution < -0.4 is 0 Å². The van der Waals surface area contributed by atoms with E-state index in [0.29, 0.717) is 37.8 Å². The van der Waals surface area contributed by atoms with E-state index in [-0.39, 0.29) is 0 Å². The van der Waals surface area contributed by atoms with Gasteiger partial charge in [-0.1, -0.05) is 13.8 Å². The summed E-state index contributed by atoms with van der Waals surface area (Å²) < 4.78 is 61.7. The van der Waals surface area contributed by atoms with Gasteiger partial charge in [0, 0.05) is 0 Å². The molecule has 0 bridgehead atoms. The van der Waals surface area contributed by atoms with E-state index in [9.17, 15) is 22.0 Å². The minimum absolute atomic E-state index is 0.328. The molecule has 0 aromatic heterocycles. The number of hydrogen-bond donors (Lipinski definition) is 0. The fraction of sp³-hybridized carbons (Fsp3) is 1.00. The third kappa shape index (κ3) is 3.79. The van der Waals surface area contributed by atoms with E-state index in [2.05, 4.69) is 0 Å². The SMILES string of the molecule is CC(C)C1CCN(CC(F)(F)C(F)(F)F)CC1. The normalized spacial score (nSPS) is 21.2. The second-order valence-corrected chi connectivity index (χ2v) is 5.06. The van der Waals surface area contributed by atoms with Crippen LogP contribution in [-0.4, -0.2) is 36.6 Å². The maximum absolute atomic E-state index is 12.8. The number of likely N-dealkylation sites (tertiary alicyclic amines) is 1. The molecule has 0 spiro atoms. The summed E-state index contributed by atoms with van der Waals surface area (Å²) in [5.41, 5.74) is 0. The lowest BCUT2D eigenvalue weighted by atomic mass is 9.86.